The number of thioether (sulfide) groups is 1. The molecular weight excluding hydrogens is 672 g/mol. The van der Waals surface area contributed by atoms with Gasteiger partial charge >= 0.3 is 0 Å². The molecule has 33 heavy (non-hydrogen) atoms. The molecule has 11 heteroatoms. The molecule has 0 saturated carbocycles. The zero-order chi connectivity index (χ0) is 23.5. The van der Waals surface area contributed by atoms with Crippen molar-refractivity contribution in [2.45, 2.75) is 0 Å². The molecule has 0 spiro atoms. The van der Waals surface area contributed by atoms with Gasteiger partial charge in [-0.15, -0.1) is 0 Å². The minimum absolute atomic E-state index is 0.176. The summed E-state index contributed by atoms with van der Waals surface area (Å²) in [5.41, 5.74) is 2.19. The Morgan fingerprint density at radius 2 is 1.82 bits per heavy atom. The number of nitrogens with zero attached hydrogens (tertiary/aromatic N) is 2. The number of carbonyl (C=O) groups excluding carboxylic acids is 3. The number of morpholine rings is 1. The smallest absolute Gasteiger partial charge is 0.294 e. The minimum atomic E-state index is -0.514. The number of hydrogen-bond acceptors (Lipinski definition) is 7. The van der Waals surface area contributed by atoms with Gasteiger partial charge in [-0.25, -0.2) is 0 Å². The highest BCUT2D eigenvalue weighted by Crippen LogP contribution is 2.34. The molecule has 3 amide bonds. The van der Waals surface area contributed by atoms with Crippen LogP contribution in [-0.4, -0.2) is 59.9 Å². The van der Waals surface area contributed by atoms with E-state index in [4.69, 9.17) is 4.74 Å². The highest BCUT2D eigenvalue weighted by Gasteiger charge is 2.36. The van der Waals surface area contributed by atoms with E-state index in [2.05, 4.69) is 10.2 Å². The molecule has 172 valence electrons. The van der Waals surface area contributed by atoms with Gasteiger partial charge in [0.15, 0.2) is 0 Å². The van der Waals surface area contributed by atoms with E-state index in [0.29, 0.717) is 31.6 Å². The predicted molar refractivity (Wildman–Crippen MR) is 144 cm³/mol. The number of amides is 3. The monoisotopic (exact) mass is 691 g/mol. The first kappa shape index (κ1) is 24.3. The number of phenolic OH excluding ortho intramolecular Hbond substituents is 1. The van der Waals surface area contributed by atoms with Crippen molar-refractivity contribution in [2.24, 2.45) is 0 Å². The van der Waals surface area contributed by atoms with Crippen LogP contribution in [0.25, 0.3) is 6.08 Å². The first-order valence-electron chi connectivity index (χ1n) is 9.98. The second-order valence-electron chi connectivity index (χ2n) is 7.27. The molecule has 2 heterocycles. The number of para-hydroxylation sites is 2. The number of imide groups is 1. The van der Waals surface area contributed by atoms with Crippen molar-refractivity contribution in [1.82, 2.24) is 4.90 Å². The summed E-state index contributed by atoms with van der Waals surface area (Å²) in [6, 6.07) is 10.9. The van der Waals surface area contributed by atoms with E-state index >= 15 is 0 Å². The lowest BCUT2D eigenvalue weighted by atomic mass is 10.2. The van der Waals surface area contributed by atoms with E-state index in [-0.39, 0.29) is 17.2 Å². The third-order valence-electron chi connectivity index (χ3n) is 5.04. The largest absolute Gasteiger partial charge is 0.506 e. The molecule has 2 aliphatic heterocycles. The van der Waals surface area contributed by atoms with Crippen molar-refractivity contribution >= 4 is 91.4 Å². The number of phenols is 1. The molecule has 0 bridgehead atoms. The van der Waals surface area contributed by atoms with Crippen LogP contribution >= 0.6 is 56.9 Å². The van der Waals surface area contributed by atoms with Gasteiger partial charge in [0.2, 0.25) is 5.91 Å². The lowest BCUT2D eigenvalue weighted by Gasteiger charge is -2.30. The fourth-order valence-corrected chi connectivity index (χ4v) is 6.10. The van der Waals surface area contributed by atoms with Crippen LogP contribution in [0.15, 0.2) is 41.3 Å². The summed E-state index contributed by atoms with van der Waals surface area (Å²) >= 11 is 4.80. The van der Waals surface area contributed by atoms with Gasteiger partial charge < -0.3 is 20.1 Å². The molecule has 2 aromatic carbocycles. The molecule has 2 saturated heterocycles. The minimum Gasteiger partial charge on any atom is -0.506 e. The molecule has 2 aliphatic rings. The SMILES string of the molecule is O=C(CN1C(=O)S/C(=C/c2cc(I)c(O)c(I)c2)C1=O)Nc1ccccc1N1CCOCC1. The lowest BCUT2D eigenvalue weighted by Crippen LogP contribution is -2.38. The maximum Gasteiger partial charge on any atom is 0.294 e. The highest BCUT2D eigenvalue weighted by molar-refractivity contribution is 14.1. The Morgan fingerprint density at radius 1 is 1.15 bits per heavy atom. The first-order chi connectivity index (χ1) is 15.8. The van der Waals surface area contributed by atoms with Gasteiger partial charge in [0, 0.05) is 13.1 Å². The van der Waals surface area contributed by atoms with Crippen LogP contribution in [0.2, 0.25) is 0 Å². The van der Waals surface area contributed by atoms with Crippen molar-refractivity contribution < 1.29 is 24.2 Å². The maximum atomic E-state index is 12.8. The molecule has 0 unspecified atom stereocenters. The van der Waals surface area contributed by atoms with Crippen LogP contribution in [0, 0.1) is 7.14 Å². The van der Waals surface area contributed by atoms with E-state index in [1.807, 2.05) is 63.4 Å². The van der Waals surface area contributed by atoms with Gasteiger partial charge in [-0.2, -0.15) is 0 Å². The van der Waals surface area contributed by atoms with E-state index in [9.17, 15) is 19.5 Å². The second kappa shape index (κ2) is 10.6. The van der Waals surface area contributed by atoms with Crippen LogP contribution in [-0.2, 0) is 14.3 Å². The number of rotatable bonds is 5. The molecular formula is C22H19I2N3O5S. The number of hydrogen-bond donors (Lipinski definition) is 2. The summed E-state index contributed by atoms with van der Waals surface area (Å²) in [7, 11) is 0. The Morgan fingerprint density at radius 3 is 2.52 bits per heavy atom. The zero-order valence-electron chi connectivity index (χ0n) is 17.2. The average molecular weight is 691 g/mol. The van der Waals surface area contributed by atoms with Gasteiger partial charge in [0.1, 0.15) is 12.3 Å². The van der Waals surface area contributed by atoms with Crippen molar-refractivity contribution in [1.29, 1.82) is 0 Å². The number of carbonyl (C=O) groups is 3. The fraction of sp³-hybridized carbons (Fsp3) is 0.227. The average Bonchev–Trinajstić information content (AvgIpc) is 3.05. The van der Waals surface area contributed by atoms with Crippen molar-refractivity contribution in [3.63, 3.8) is 0 Å². The third-order valence-corrected chi connectivity index (χ3v) is 7.59. The summed E-state index contributed by atoms with van der Waals surface area (Å²) in [6.07, 6.45) is 1.60. The molecule has 2 aromatic rings. The van der Waals surface area contributed by atoms with Gasteiger partial charge in [0.05, 0.1) is 36.6 Å². The Balaban J connectivity index is 1.46. The number of halogens is 2. The number of benzene rings is 2. The molecule has 2 N–H and O–H groups in total. The van der Waals surface area contributed by atoms with Gasteiger partial charge in [-0.05, 0) is 92.8 Å². The summed E-state index contributed by atoms with van der Waals surface area (Å²) in [5, 5.41) is 12.3. The van der Waals surface area contributed by atoms with Crippen LogP contribution < -0.4 is 10.2 Å². The van der Waals surface area contributed by atoms with Gasteiger partial charge in [-0.1, -0.05) is 12.1 Å². The number of ether oxygens (including phenoxy) is 1. The van der Waals surface area contributed by atoms with Crippen molar-refractivity contribution in [3.8, 4) is 5.75 Å². The predicted octanol–water partition coefficient (Wildman–Crippen LogP) is 4.11. The Labute approximate surface area is 222 Å². The maximum absolute atomic E-state index is 12.8. The number of aromatic hydroxyl groups is 1. The van der Waals surface area contributed by atoms with Crippen LogP contribution in [0.3, 0.4) is 0 Å². The normalized spacial score (nSPS) is 17.7. The van der Waals surface area contributed by atoms with Crippen LogP contribution in [0.1, 0.15) is 5.56 Å². The molecule has 4 rings (SSSR count). The second-order valence-corrected chi connectivity index (χ2v) is 10.6. The van der Waals surface area contributed by atoms with Gasteiger partial charge in [0.25, 0.3) is 11.1 Å². The summed E-state index contributed by atoms with van der Waals surface area (Å²) in [6.45, 7) is 2.30. The van der Waals surface area contributed by atoms with E-state index in [1.54, 1.807) is 24.3 Å². The zero-order valence-corrected chi connectivity index (χ0v) is 22.3. The Hall–Kier alpha value is -1.84. The molecule has 0 aliphatic carbocycles. The van der Waals surface area contributed by atoms with Crippen molar-refractivity contribution in [3.05, 3.63) is 54.0 Å². The summed E-state index contributed by atoms with van der Waals surface area (Å²) < 4.78 is 6.68. The lowest BCUT2D eigenvalue weighted by molar-refractivity contribution is -0.127. The molecule has 0 atom stereocenters. The molecule has 8 nitrogen and oxygen atoms in total. The molecule has 2 fully saturated rings. The summed E-state index contributed by atoms with van der Waals surface area (Å²) in [4.78, 5) is 41.3. The topological polar surface area (TPSA) is 99.2 Å². The van der Waals surface area contributed by atoms with E-state index in [0.717, 1.165) is 35.4 Å². The summed E-state index contributed by atoms with van der Waals surface area (Å²) in [5.74, 6) is -0.789. The molecule has 0 radical (unpaired) electrons. The molecule has 0 aromatic heterocycles. The third kappa shape index (κ3) is 5.63. The van der Waals surface area contributed by atoms with Crippen LogP contribution in [0.5, 0.6) is 5.75 Å². The van der Waals surface area contributed by atoms with Crippen LogP contribution in [0.4, 0.5) is 16.2 Å². The van der Waals surface area contributed by atoms with E-state index < -0.39 is 17.1 Å². The van der Waals surface area contributed by atoms with E-state index in [1.165, 1.54) is 0 Å². The quantitative estimate of drug-likeness (QED) is 0.360. The standard InChI is InChI=1S/C22H19I2N3O5S/c23-14-9-13(10-15(24)20(14)29)11-18-21(30)27(22(31)33-18)12-19(28)25-16-3-1-2-4-17(16)26-5-7-32-8-6-26/h1-4,9-11,29H,5-8,12H2,(H,25,28)/b18-11+. The number of nitrogens with one attached hydrogen (secondary N) is 1. The first-order valence-corrected chi connectivity index (χ1v) is 13.0. The number of anilines is 2. The van der Waals surface area contributed by atoms with Gasteiger partial charge in [-0.3, -0.25) is 19.3 Å². The Kier molecular flexibility index (Phi) is 7.81. The fourth-order valence-electron chi connectivity index (χ4n) is 3.45. The highest BCUT2D eigenvalue weighted by atomic mass is 127. The van der Waals surface area contributed by atoms with Crippen molar-refractivity contribution in [2.75, 3.05) is 43.1 Å². The Bertz CT molecular complexity index is 1130.